The van der Waals surface area contributed by atoms with Crippen molar-refractivity contribution in [1.82, 2.24) is 4.90 Å². The van der Waals surface area contributed by atoms with Crippen LogP contribution in [0.1, 0.15) is 29.6 Å². The predicted molar refractivity (Wildman–Crippen MR) is 80.7 cm³/mol. The molecule has 2 rings (SSSR count). The molecule has 0 heterocycles. The molecule has 1 aliphatic carbocycles. The van der Waals surface area contributed by atoms with E-state index in [2.05, 4.69) is 5.32 Å². The van der Waals surface area contributed by atoms with Crippen LogP contribution < -0.4 is 11.1 Å². The summed E-state index contributed by atoms with van der Waals surface area (Å²) in [5, 5.41) is 12.8. The van der Waals surface area contributed by atoms with E-state index in [1.165, 1.54) is 0 Å². The van der Waals surface area contributed by atoms with Gasteiger partial charge in [0.2, 0.25) is 0 Å². The summed E-state index contributed by atoms with van der Waals surface area (Å²) >= 11 is 0. The minimum Gasteiger partial charge on any atom is -0.399 e. The van der Waals surface area contributed by atoms with E-state index in [4.69, 9.17) is 5.73 Å². The molecule has 0 spiro atoms. The van der Waals surface area contributed by atoms with Gasteiger partial charge in [0.1, 0.15) is 0 Å². The highest BCUT2D eigenvalue weighted by Gasteiger charge is 2.27. The number of aliphatic hydroxyl groups is 1. The molecule has 4 N–H and O–H groups in total. The topological polar surface area (TPSA) is 78.6 Å². The van der Waals surface area contributed by atoms with Gasteiger partial charge in [-0.1, -0.05) is 6.42 Å². The second-order valence-corrected chi connectivity index (χ2v) is 5.63. The number of aliphatic hydroxyl groups excluding tert-OH is 1. The number of carbonyl (C=O) groups is 1. The molecule has 0 aliphatic heterocycles. The zero-order chi connectivity index (χ0) is 14.7. The Kier molecular flexibility index (Phi) is 4.49. The van der Waals surface area contributed by atoms with Crippen molar-refractivity contribution in [2.75, 3.05) is 31.8 Å². The monoisotopic (exact) mass is 277 g/mol. The number of amides is 1. The van der Waals surface area contributed by atoms with Crippen molar-refractivity contribution in [1.29, 1.82) is 0 Å². The fraction of sp³-hybridized carbons (Fsp3) is 0.533. The van der Waals surface area contributed by atoms with E-state index in [0.717, 1.165) is 24.9 Å². The SMILES string of the molecule is CN(C)C(=O)c1ccc(N)cc1NC1CCCC1CO. The van der Waals surface area contributed by atoms with Gasteiger partial charge in [-0.25, -0.2) is 0 Å². The van der Waals surface area contributed by atoms with E-state index in [0.29, 0.717) is 11.3 Å². The molecule has 2 atom stereocenters. The first-order valence-electron chi connectivity index (χ1n) is 7.01. The van der Waals surface area contributed by atoms with Crippen LogP contribution in [0.2, 0.25) is 0 Å². The predicted octanol–water partition coefficient (Wildman–Crippen LogP) is 1.54. The van der Waals surface area contributed by atoms with Crippen molar-refractivity contribution < 1.29 is 9.90 Å². The average Bonchev–Trinajstić information content (AvgIpc) is 2.85. The Balaban J connectivity index is 2.25. The maximum atomic E-state index is 12.2. The van der Waals surface area contributed by atoms with Crippen molar-refractivity contribution in [3.63, 3.8) is 0 Å². The fourth-order valence-electron chi connectivity index (χ4n) is 2.75. The van der Waals surface area contributed by atoms with Crippen LogP contribution in [0.15, 0.2) is 18.2 Å². The van der Waals surface area contributed by atoms with Gasteiger partial charge in [-0.05, 0) is 31.0 Å². The number of carbonyl (C=O) groups excluding carboxylic acids is 1. The summed E-state index contributed by atoms with van der Waals surface area (Å²) in [5.74, 6) is 0.199. The molecule has 1 amide bonds. The number of rotatable bonds is 4. The quantitative estimate of drug-likeness (QED) is 0.730. The minimum atomic E-state index is -0.0500. The van der Waals surface area contributed by atoms with Gasteiger partial charge in [0.05, 0.1) is 5.56 Å². The Morgan fingerprint density at radius 3 is 2.85 bits per heavy atom. The second-order valence-electron chi connectivity index (χ2n) is 5.63. The number of nitrogen functional groups attached to an aromatic ring is 1. The molecule has 1 aliphatic rings. The number of hydrogen-bond acceptors (Lipinski definition) is 4. The van der Waals surface area contributed by atoms with Crippen LogP contribution in [-0.2, 0) is 0 Å². The summed E-state index contributed by atoms with van der Waals surface area (Å²) in [6, 6.07) is 5.49. The van der Waals surface area contributed by atoms with Gasteiger partial charge in [0, 0.05) is 44.0 Å². The van der Waals surface area contributed by atoms with Crippen molar-refractivity contribution in [2.45, 2.75) is 25.3 Å². The number of anilines is 2. The molecule has 1 fully saturated rings. The van der Waals surface area contributed by atoms with E-state index < -0.39 is 0 Å². The standard InChI is InChI=1S/C15H23N3O2/c1-18(2)15(20)12-7-6-11(16)8-14(12)17-13-5-3-4-10(13)9-19/h6-8,10,13,17,19H,3-5,9,16H2,1-2H3. The third-order valence-electron chi connectivity index (χ3n) is 3.91. The maximum absolute atomic E-state index is 12.2. The van der Waals surface area contributed by atoms with Gasteiger partial charge >= 0.3 is 0 Å². The molecule has 1 aromatic rings. The maximum Gasteiger partial charge on any atom is 0.255 e. The van der Waals surface area contributed by atoms with Crippen LogP contribution in [0.3, 0.4) is 0 Å². The molecular formula is C15H23N3O2. The highest BCUT2D eigenvalue weighted by molar-refractivity contribution is 6.00. The van der Waals surface area contributed by atoms with Gasteiger partial charge in [-0.15, -0.1) is 0 Å². The molecule has 5 nitrogen and oxygen atoms in total. The zero-order valence-electron chi connectivity index (χ0n) is 12.1. The van der Waals surface area contributed by atoms with Crippen LogP contribution in [0.25, 0.3) is 0 Å². The first-order valence-corrected chi connectivity index (χ1v) is 7.01. The zero-order valence-corrected chi connectivity index (χ0v) is 12.1. The molecule has 0 bridgehead atoms. The van der Waals surface area contributed by atoms with Gasteiger partial charge < -0.3 is 21.1 Å². The van der Waals surface area contributed by atoms with Crippen LogP contribution in [0, 0.1) is 5.92 Å². The van der Waals surface area contributed by atoms with Gasteiger partial charge in [0.25, 0.3) is 5.91 Å². The fourth-order valence-corrected chi connectivity index (χ4v) is 2.75. The molecule has 0 saturated heterocycles. The first-order chi connectivity index (χ1) is 9.52. The Bertz CT molecular complexity index is 488. The van der Waals surface area contributed by atoms with E-state index in [9.17, 15) is 9.90 Å². The molecule has 0 radical (unpaired) electrons. The molecule has 2 unspecified atom stereocenters. The lowest BCUT2D eigenvalue weighted by atomic mass is 10.0. The number of benzene rings is 1. The molecule has 5 heteroatoms. The highest BCUT2D eigenvalue weighted by atomic mass is 16.3. The first kappa shape index (κ1) is 14.7. The average molecular weight is 277 g/mol. The summed E-state index contributed by atoms with van der Waals surface area (Å²) in [6.45, 7) is 0.178. The lowest BCUT2D eigenvalue weighted by molar-refractivity contribution is 0.0828. The molecule has 110 valence electrons. The summed E-state index contributed by atoms with van der Waals surface area (Å²) in [5.41, 5.74) is 7.83. The van der Waals surface area contributed by atoms with Crippen LogP contribution in [0.5, 0.6) is 0 Å². The number of nitrogens with one attached hydrogen (secondary N) is 1. The van der Waals surface area contributed by atoms with Gasteiger partial charge in [0.15, 0.2) is 0 Å². The van der Waals surface area contributed by atoms with Crippen molar-refractivity contribution in [3.05, 3.63) is 23.8 Å². The number of hydrogen-bond donors (Lipinski definition) is 3. The molecular weight excluding hydrogens is 254 g/mol. The van der Waals surface area contributed by atoms with Gasteiger partial charge in [-0.3, -0.25) is 4.79 Å². The summed E-state index contributed by atoms with van der Waals surface area (Å²) in [7, 11) is 3.46. The second kappa shape index (κ2) is 6.13. The van der Waals surface area contributed by atoms with E-state index in [1.54, 1.807) is 37.2 Å². The largest absolute Gasteiger partial charge is 0.399 e. The van der Waals surface area contributed by atoms with E-state index in [1.807, 2.05) is 0 Å². The Hall–Kier alpha value is -1.75. The van der Waals surface area contributed by atoms with E-state index in [-0.39, 0.29) is 24.5 Å². The molecule has 1 aromatic carbocycles. The highest BCUT2D eigenvalue weighted by Crippen LogP contribution is 2.30. The Labute approximate surface area is 119 Å². The van der Waals surface area contributed by atoms with Crippen LogP contribution in [-0.4, -0.2) is 42.7 Å². The normalized spacial score (nSPS) is 21.8. The van der Waals surface area contributed by atoms with Crippen molar-refractivity contribution >= 4 is 17.3 Å². The molecule has 20 heavy (non-hydrogen) atoms. The van der Waals surface area contributed by atoms with Crippen LogP contribution in [0.4, 0.5) is 11.4 Å². The summed E-state index contributed by atoms with van der Waals surface area (Å²) < 4.78 is 0. The third-order valence-corrected chi connectivity index (χ3v) is 3.91. The van der Waals surface area contributed by atoms with Crippen molar-refractivity contribution in [3.8, 4) is 0 Å². The number of nitrogens with two attached hydrogens (primary N) is 1. The summed E-state index contributed by atoms with van der Waals surface area (Å²) in [6.07, 6.45) is 3.13. The lowest BCUT2D eigenvalue weighted by Crippen LogP contribution is -2.29. The summed E-state index contributed by atoms with van der Waals surface area (Å²) in [4.78, 5) is 13.7. The van der Waals surface area contributed by atoms with Crippen LogP contribution >= 0.6 is 0 Å². The smallest absolute Gasteiger partial charge is 0.255 e. The molecule has 1 saturated carbocycles. The van der Waals surface area contributed by atoms with Crippen molar-refractivity contribution in [2.24, 2.45) is 5.92 Å². The third kappa shape index (κ3) is 3.04. The van der Waals surface area contributed by atoms with Gasteiger partial charge in [-0.2, -0.15) is 0 Å². The molecule has 0 aromatic heterocycles. The lowest BCUT2D eigenvalue weighted by Gasteiger charge is -2.23. The minimum absolute atomic E-state index is 0.0500. The Morgan fingerprint density at radius 2 is 2.20 bits per heavy atom. The Morgan fingerprint density at radius 1 is 1.45 bits per heavy atom. The van der Waals surface area contributed by atoms with E-state index >= 15 is 0 Å². The number of nitrogens with zero attached hydrogens (tertiary/aromatic N) is 1.